The van der Waals surface area contributed by atoms with Crippen LogP contribution in [0.15, 0.2) is 0 Å². The molecular formula is C7H14N2O4S. The van der Waals surface area contributed by atoms with E-state index in [-0.39, 0.29) is 6.42 Å². The van der Waals surface area contributed by atoms with E-state index in [2.05, 4.69) is 5.32 Å². The lowest BCUT2D eigenvalue weighted by molar-refractivity contribution is -0.146. The van der Waals surface area contributed by atoms with Gasteiger partial charge in [0, 0.05) is 26.4 Å². The highest BCUT2D eigenvalue weighted by atomic mass is 32.2. The van der Waals surface area contributed by atoms with Crippen LogP contribution in [0.4, 0.5) is 0 Å². The summed E-state index contributed by atoms with van der Waals surface area (Å²) in [6, 6.07) is 0. The molecule has 2 atom stereocenters. The van der Waals surface area contributed by atoms with Gasteiger partial charge in [0.15, 0.2) is 0 Å². The fourth-order valence-electron chi connectivity index (χ4n) is 1.44. The minimum absolute atomic E-state index is 0.269. The van der Waals surface area contributed by atoms with E-state index in [0.717, 1.165) is 0 Å². The lowest BCUT2D eigenvalue weighted by atomic mass is 10.1. The smallest absolute Gasteiger partial charge is 0.302 e. The van der Waals surface area contributed by atoms with E-state index in [4.69, 9.17) is 9.88 Å². The van der Waals surface area contributed by atoms with Crippen molar-refractivity contribution in [3.8, 4) is 0 Å². The van der Waals surface area contributed by atoms with Crippen molar-refractivity contribution in [1.82, 2.24) is 5.32 Å². The van der Waals surface area contributed by atoms with Gasteiger partial charge in [-0.1, -0.05) is 0 Å². The van der Waals surface area contributed by atoms with Crippen molar-refractivity contribution in [3.63, 3.8) is 0 Å². The van der Waals surface area contributed by atoms with Crippen molar-refractivity contribution in [2.24, 2.45) is 5.14 Å². The van der Waals surface area contributed by atoms with Crippen molar-refractivity contribution in [3.05, 3.63) is 0 Å². The molecule has 0 aromatic carbocycles. The van der Waals surface area contributed by atoms with Gasteiger partial charge in [-0.25, -0.2) is 13.6 Å². The molecule has 0 radical (unpaired) electrons. The molecule has 1 heterocycles. The minimum atomic E-state index is -3.55. The Morgan fingerprint density at radius 2 is 2.14 bits per heavy atom. The molecule has 1 aliphatic heterocycles. The van der Waals surface area contributed by atoms with Crippen molar-refractivity contribution < 1.29 is 17.9 Å². The number of primary sulfonamides is 1. The third-order valence-electron chi connectivity index (χ3n) is 2.07. The van der Waals surface area contributed by atoms with E-state index in [0.29, 0.717) is 13.1 Å². The highest BCUT2D eigenvalue weighted by Crippen LogP contribution is 2.12. The van der Waals surface area contributed by atoms with Gasteiger partial charge < -0.3 is 10.1 Å². The van der Waals surface area contributed by atoms with Crippen molar-refractivity contribution >= 4 is 16.0 Å². The molecule has 0 aromatic rings. The number of hydrogen-bond acceptors (Lipinski definition) is 5. The maximum Gasteiger partial charge on any atom is 0.302 e. The Morgan fingerprint density at radius 1 is 1.50 bits per heavy atom. The number of ether oxygens (including phenoxy) is 1. The Bertz CT molecular complexity index is 314. The molecule has 0 amide bonds. The van der Waals surface area contributed by atoms with Crippen LogP contribution in [-0.2, 0) is 19.6 Å². The largest absolute Gasteiger partial charge is 0.461 e. The van der Waals surface area contributed by atoms with Gasteiger partial charge in [-0.3, -0.25) is 4.79 Å². The van der Waals surface area contributed by atoms with Gasteiger partial charge in [0.05, 0.1) is 5.25 Å². The third-order valence-corrected chi connectivity index (χ3v) is 3.36. The van der Waals surface area contributed by atoms with Crippen LogP contribution in [0, 0.1) is 0 Å². The van der Waals surface area contributed by atoms with Crippen LogP contribution < -0.4 is 10.5 Å². The molecule has 1 aliphatic rings. The first-order chi connectivity index (χ1) is 6.39. The van der Waals surface area contributed by atoms with Gasteiger partial charge in [-0.2, -0.15) is 0 Å². The summed E-state index contributed by atoms with van der Waals surface area (Å²) in [5.74, 6) is -0.410. The molecule has 82 valence electrons. The molecule has 1 saturated heterocycles. The summed E-state index contributed by atoms with van der Waals surface area (Å²) < 4.78 is 26.9. The number of nitrogens with one attached hydrogen (secondary N) is 1. The van der Waals surface area contributed by atoms with Crippen molar-refractivity contribution in [1.29, 1.82) is 0 Å². The zero-order valence-corrected chi connectivity index (χ0v) is 8.71. The number of sulfonamides is 1. The maximum absolute atomic E-state index is 11.0. The van der Waals surface area contributed by atoms with E-state index < -0.39 is 27.3 Å². The van der Waals surface area contributed by atoms with E-state index in [9.17, 15) is 13.2 Å². The first kappa shape index (κ1) is 11.4. The Kier molecular flexibility index (Phi) is 3.46. The second-order valence-corrected chi connectivity index (χ2v) is 5.18. The highest BCUT2D eigenvalue weighted by Gasteiger charge is 2.30. The molecule has 0 aromatic heterocycles. The highest BCUT2D eigenvalue weighted by molar-refractivity contribution is 7.89. The number of esters is 1. The van der Waals surface area contributed by atoms with Crippen LogP contribution in [0.3, 0.4) is 0 Å². The average Bonchev–Trinajstić information content (AvgIpc) is 2.01. The fraction of sp³-hybridized carbons (Fsp3) is 0.857. The summed E-state index contributed by atoms with van der Waals surface area (Å²) >= 11 is 0. The number of piperidine rings is 1. The second kappa shape index (κ2) is 4.24. The van der Waals surface area contributed by atoms with Gasteiger partial charge in [0.25, 0.3) is 0 Å². The Morgan fingerprint density at radius 3 is 2.64 bits per heavy atom. The van der Waals surface area contributed by atoms with Gasteiger partial charge in [0.2, 0.25) is 10.0 Å². The first-order valence-corrected chi connectivity index (χ1v) is 5.90. The van der Waals surface area contributed by atoms with Crippen LogP contribution in [0.25, 0.3) is 0 Å². The predicted molar refractivity (Wildman–Crippen MR) is 49.9 cm³/mol. The minimum Gasteiger partial charge on any atom is -0.461 e. The van der Waals surface area contributed by atoms with Crippen LogP contribution in [0.5, 0.6) is 0 Å². The third kappa shape index (κ3) is 3.24. The van der Waals surface area contributed by atoms with Gasteiger partial charge >= 0.3 is 5.97 Å². The summed E-state index contributed by atoms with van der Waals surface area (Å²) in [6.45, 7) is 2.09. The number of nitrogens with two attached hydrogens (primary N) is 1. The van der Waals surface area contributed by atoms with E-state index in [1.807, 2.05) is 0 Å². The van der Waals surface area contributed by atoms with Crippen LogP contribution in [0.1, 0.15) is 13.3 Å². The SMILES string of the molecule is CC(=O)O[C@@H]1CNC[C@@H](S(N)(=O)=O)C1. The molecule has 1 rings (SSSR count). The fourth-order valence-corrected chi connectivity index (χ4v) is 2.27. The standard InChI is InChI=1S/C7H14N2O4S/c1-5(10)13-6-2-7(4-9-3-6)14(8,11)12/h6-7,9H,2-4H2,1H3,(H2,8,11,12)/t6-,7-/m0/s1. The summed E-state index contributed by atoms with van der Waals surface area (Å²) in [5, 5.41) is 7.19. The summed E-state index contributed by atoms with van der Waals surface area (Å²) in [4.78, 5) is 10.6. The average molecular weight is 222 g/mol. The lowest BCUT2D eigenvalue weighted by Gasteiger charge is -2.27. The Labute approximate surface area is 82.8 Å². The number of carbonyl (C=O) groups excluding carboxylic acids is 1. The van der Waals surface area contributed by atoms with Gasteiger partial charge in [0.1, 0.15) is 6.10 Å². The molecule has 0 aliphatic carbocycles. The summed E-state index contributed by atoms with van der Waals surface area (Å²) in [5.41, 5.74) is 0. The molecule has 1 fully saturated rings. The number of hydrogen-bond donors (Lipinski definition) is 2. The zero-order valence-electron chi connectivity index (χ0n) is 7.89. The van der Waals surface area contributed by atoms with E-state index in [1.54, 1.807) is 0 Å². The predicted octanol–water partition coefficient (Wildman–Crippen LogP) is -1.43. The lowest BCUT2D eigenvalue weighted by Crippen LogP contribution is -2.49. The van der Waals surface area contributed by atoms with Crippen molar-refractivity contribution in [2.75, 3.05) is 13.1 Å². The zero-order chi connectivity index (χ0) is 10.8. The summed E-state index contributed by atoms with van der Waals surface area (Å²) in [7, 11) is -3.55. The molecule has 14 heavy (non-hydrogen) atoms. The monoisotopic (exact) mass is 222 g/mol. The maximum atomic E-state index is 11.0. The van der Waals surface area contributed by atoms with Crippen molar-refractivity contribution in [2.45, 2.75) is 24.7 Å². The molecule has 0 spiro atoms. The topological polar surface area (TPSA) is 98.5 Å². The Balaban J connectivity index is 2.56. The number of carbonyl (C=O) groups is 1. The van der Waals surface area contributed by atoms with Crippen LogP contribution in [0.2, 0.25) is 0 Å². The van der Waals surface area contributed by atoms with E-state index in [1.165, 1.54) is 6.92 Å². The molecule has 0 bridgehead atoms. The summed E-state index contributed by atoms with van der Waals surface area (Å²) in [6.07, 6.45) is -0.129. The first-order valence-electron chi connectivity index (χ1n) is 4.29. The Hall–Kier alpha value is -0.660. The normalized spacial score (nSPS) is 28.4. The van der Waals surface area contributed by atoms with Crippen LogP contribution >= 0.6 is 0 Å². The molecule has 0 saturated carbocycles. The molecule has 6 nitrogen and oxygen atoms in total. The van der Waals surface area contributed by atoms with Crippen LogP contribution in [-0.4, -0.2) is 38.8 Å². The van der Waals surface area contributed by atoms with E-state index >= 15 is 0 Å². The quantitative estimate of drug-likeness (QED) is 0.558. The van der Waals surface area contributed by atoms with Gasteiger partial charge in [-0.05, 0) is 0 Å². The van der Waals surface area contributed by atoms with Gasteiger partial charge in [-0.15, -0.1) is 0 Å². The molecule has 0 unspecified atom stereocenters. The molecular weight excluding hydrogens is 208 g/mol. The molecule has 7 heteroatoms. The number of rotatable bonds is 2. The molecule has 3 N–H and O–H groups in total. The second-order valence-electron chi connectivity index (χ2n) is 3.34.